The zero-order chi connectivity index (χ0) is 19.4. The first kappa shape index (κ1) is 19.3. The topological polar surface area (TPSA) is 74.5 Å². The fraction of sp³-hybridized carbons (Fsp3) is 0.0588. The third kappa shape index (κ3) is 4.45. The number of nitriles is 1. The Labute approximate surface area is 167 Å². The summed E-state index contributed by atoms with van der Waals surface area (Å²) in [6, 6.07) is 11.6. The van der Waals surface area contributed by atoms with Crippen molar-refractivity contribution in [2.24, 2.45) is 0 Å². The van der Waals surface area contributed by atoms with Gasteiger partial charge in [-0.15, -0.1) is 0 Å². The van der Waals surface area contributed by atoms with E-state index in [0.29, 0.717) is 10.9 Å². The lowest BCUT2D eigenvalue weighted by atomic mass is 10.2. The first-order valence-electron chi connectivity index (χ1n) is 7.40. The molecule has 1 aromatic carbocycles. The molecule has 0 aliphatic carbocycles. The standard InChI is InChI=1S/C17H9Cl2F2N5S/c18-11-13(12(19)15(21)25-14(11)20)24-16-10(6-22)7-23-17(26-16)27-8-9-4-2-1-3-5-9/h1-5,7H,8H2,(H,23,24,25,26). The number of pyridine rings is 1. The smallest absolute Gasteiger partial charge is 0.236 e. The fourth-order valence-corrected chi connectivity index (χ4v) is 3.24. The molecule has 0 radical (unpaired) electrons. The molecule has 0 unspecified atom stereocenters. The number of halogens is 4. The minimum Gasteiger partial charge on any atom is -0.336 e. The van der Waals surface area contributed by atoms with Crippen LogP contribution in [0.15, 0.2) is 41.7 Å². The van der Waals surface area contributed by atoms with Crippen molar-refractivity contribution < 1.29 is 8.78 Å². The Bertz CT molecular complexity index is 1000. The zero-order valence-corrected chi connectivity index (χ0v) is 15.7. The molecule has 0 spiro atoms. The van der Waals surface area contributed by atoms with Crippen molar-refractivity contribution in [3.05, 3.63) is 69.6 Å². The Morgan fingerprint density at radius 3 is 2.37 bits per heavy atom. The molecule has 0 saturated carbocycles. The van der Waals surface area contributed by atoms with Crippen LogP contribution >= 0.6 is 35.0 Å². The number of thioether (sulfide) groups is 1. The van der Waals surface area contributed by atoms with Crippen LogP contribution in [0, 0.1) is 23.2 Å². The largest absolute Gasteiger partial charge is 0.336 e. The van der Waals surface area contributed by atoms with Crippen LogP contribution in [-0.4, -0.2) is 15.0 Å². The minimum atomic E-state index is -1.23. The van der Waals surface area contributed by atoms with Gasteiger partial charge in [0.1, 0.15) is 21.7 Å². The summed E-state index contributed by atoms with van der Waals surface area (Å²) in [5.74, 6) is -1.83. The molecule has 10 heteroatoms. The minimum absolute atomic E-state index is 0.0249. The highest BCUT2D eigenvalue weighted by Crippen LogP contribution is 2.36. The Hall–Kier alpha value is -2.47. The van der Waals surface area contributed by atoms with Crippen LogP contribution in [0.4, 0.5) is 20.3 Å². The number of rotatable bonds is 5. The Morgan fingerprint density at radius 2 is 1.74 bits per heavy atom. The monoisotopic (exact) mass is 423 g/mol. The molecule has 0 fully saturated rings. The highest BCUT2D eigenvalue weighted by atomic mass is 35.5. The van der Waals surface area contributed by atoms with Gasteiger partial charge in [-0.05, 0) is 5.56 Å². The van der Waals surface area contributed by atoms with Crippen LogP contribution in [0.2, 0.25) is 10.0 Å². The summed E-state index contributed by atoms with van der Waals surface area (Å²) in [5, 5.41) is 11.2. The predicted octanol–water partition coefficient (Wildman–Crippen LogP) is 5.36. The van der Waals surface area contributed by atoms with E-state index in [4.69, 9.17) is 23.2 Å². The number of hydrogen-bond donors (Lipinski definition) is 1. The van der Waals surface area contributed by atoms with E-state index >= 15 is 0 Å². The number of aromatic nitrogens is 3. The van der Waals surface area contributed by atoms with Gasteiger partial charge in [0.25, 0.3) is 0 Å². The average molecular weight is 424 g/mol. The van der Waals surface area contributed by atoms with Gasteiger partial charge in [-0.25, -0.2) is 9.97 Å². The molecule has 5 nitrogen and oxygen atoms in total. The van der Waals surface area contributed by atoms with Gasteiger partial charge < -0.3 is 5.32 Å². The van der Waals surface area contributed by atoms with Crippen LogP contribution in [0.3, 0.4) is 0 Å². The van der Waals surface area contributed by atoms with Gasteiger partial charge in [-0.1, -0.05) is 65.3 Å². The van der Waals surface area contributed by atoms with Gasteiger partial charge >= 0.3 is 0 Å². The summed E-state index contributed by atoms with van der Waals surface area (Å²) in [5.41, 5.74) is 0.857. The molecule has 27 heavy (non-hydrogen) atoms. The van der Waals surface area contributed by atoms with Gasteiger partial charge in [0.15, 0.2) is 11.0 Å². The van der Waals surface area contributed by atoms with Gasteiger partial charge in [0.2, 0.25) is 11.9 Å². The van der Waals surface area contributed by atoms with Gasteiger partial charge in [0.05, 0.1) is 11.9 Å². The lowest BCUT2D eigenvalue weighted by Crippen LogP contribution is -2.04. The van der Waals surface area contributed by atoms with Gasteiger partial charge in [-0.2, -0.15) is 19.0 Å². The molecule has 0 aliphatic rings. The molecule has 1 N–H and O–H groups in total. The lowest BCUT2D eigenvalue weighted by Gasteiger charge is -2.12. The molecule has 0 aliphatic heterocycles. The van der Waals surface area contributed by atoms with E-state index in [9.17, 15) is 14.0 Å². The van der Waals surface area contributed by atoms with E-state index in [1.807, 2.05) is 36.4 Å². The molecule has 136 valence electrons. The molecule has 3 aromatic rings. The summed E-state index contributed by atoms with van der Waals surface area (Å²) < 4.78 is 27.2. The molecular weight excluding hydrogens is 415 g/mol. The van der Waals surface area contributed by atoms with Crippen LogP contribution in [0.25, 0.3) is 0 Å². The van der Waals surface area contributed by atoms with Crippen molar-refractivity contribution >= 4 is 46.5 Å². The molecule has 0 amide bonds. The number of anilines is 2. The molecule has 3 rings (SSSR count). The van der Waals surface area contributed by atoms with E-state index in [2.05, 4.69) is 20.3 Å². The molecule has 0 atom stereocenters. The van der Waals surface area contributed by atoms with E-state index in [1.165, 1.54) is 18.0 Å². The maximum absolute atomic E-state index is 13.6. The number of nitrogens with one attached hydrogen (secondary N) is 1. The Morgan fingerprint density at radius 1 is 1.07 bits per heavy atom. The second-order valence-electron chi connectivity index (χ2n) is 5.12. The summed E-state index contributed by atoms with van der Waals surface area (Å²) in [6.45, 7) is 0. The number of hydrogen-bond acceptors (Lipinski definition) is 6. The maximum Gasteiger partial charge on any atom is 0.236 e. The Balaban J connectivity index is 1.90. The highest BCUT2D eigenvalue weighted by molar-refractivity contribution is 7.98. The molecule has 2 heterocycles. The normalized spacial score (nSPS) is 10.5. The fourth-order valence-electron chi connectivity index (χ4n) is 2.05. The van der Waals surface area contributed by atoms with Crippen molar-refractivity contribution in [3.63, 3.8) is 0 Å². The molecule has 0 bridgehead atoms. The van der Waals surface area contributed by atoms with E-state index in [0.717, 1.165) is 5.56 Å². The van der Waals surface area contributed by atoms with E-state index < -0.39 is 21.9 Å². The zero-order valence-electron chi connectivity index (χ0n) is 13.4. The van der Waals surface area contributed by atoms with Crippen molar-refractivity contribution in [1.29, 1.82) is 5.26 Å². The first-order chi connectivity index (χ1) is 13.0. The summed E-state index contributed by atoms with van der Waals surface area (Å²) in [6.07, 6.45) is 1.30. The van der Waals surface area contributed by atoms with Crippen molar-refractivity contribution in [1.82, 2.24) is 15.0 Å². The van der Waals surface area contributed by atoms with Crippen LogP contribution in [-0.2, 0) is 5.75 Å². The van der Waals surface area contributed by atoms with Crippen LogP contribution in [0.1, 0.15) is 11.1 Å². The quantitative estimate of drug-likeness (QED) is 0.338. The second kappa shape index (κ2) is 8.48. The molecule has 0 saturated heterocycles. The van der Waals surface area contributed by atoms with E-state index in [1.54, 1.807) is 0 Å². The summed E-state index contributed by atoms with van der Waals surface area (Å²) in [4.78, 5) is 11.3. The van der Waals surface area contributed by atoms with Crippen molar-refractivity contribution in [3.8, 4) is 6.07 Å². The van der Waals surface area contributed by atoms with Crippen LogP contribution < -0.4 is 5.32 Å². The highest BCUT2D eigenvalue weighted by Gasteiger charge is 2.20. The van der Waals surface area contributed by atoms with Crippen molar-refractivity contribution in [2.75, 3.05) is 5.32 Å². The van der Waals surface area contributed by atoms with Crippen molar-refractivity contribution in [2.45, 2.75) is 10.9 Å². The van der Waals surface area contributed by atoms with Gasteiger partial charge in [0, 0.05) is 5.75 Å². The summed E-state index contributed by atoms with van der Waals surface area (Å²) >= 11 is 13.0. The molecule has 2 aromatic heterocycles. The Kier molecular flexibility index (Phi) is 6.06. The number of benzene rings is 1. The van der Waals surface area contributed by atoms with E-state index in [-0.39, 0.29) is 17.1 Å². The van der Waals surface area contributed by atoms with Crippen LogP contribution in [0.5, 0.6) is 0 Å². The van der Waals surface area contributed by atoms with Gasteiger partial charge in [-0.3, -0.25) is 0 Å². The lowest BCUT2D eigenvalue weighted by molar-refractivity contribution is 0.514. The maximum atomic E-state index is 13.6. The number of nitrogens with zero attached hydrogens (tertiary/aromatic N) is 4. The summed E-state index contributed by atoms with van der Waals surface area (Å²) in [7, 11) is 0. The third-order valence-electron chi connectivity index (χ3n) is 3.34. The second-order valence-corrected chi connectivity index (χ2v) is 6.82. The average Bonchev–Trinajstić information content (AvgIpc) is 2.69. The SMILES string of the molecule is N#Cc1cnc(SCc2ccccc2)nc1Nc1c(Cl)c(F)nc(F)c1Cl. The first-order valence-corrected chi connectivity index (χ1v) is 9.14. The third-order valence-corrected chi connectivity index (χ3v) is 4.96. The predicted molar refractivity (Wildman–Crippen MR) is 100 cm³/mol. The molecular formula is C17H9Cl2F2N5S.